The van der Waals surface area contributed by atoms with Gasteiger partial charge in [-0.15, -0.1) is 0 Å². The first kappa shape index (κ1) is 14.0. The Hall–Kier alpha value is -2.43. The third-order valence-corrected chi connectivity index (χ3v) is 2.99. The maximum Gasteiger partial charge on any atom is 0.231 e. The minimum Gasteiger partial charge on any atom is -0.399 e. The lowest BCUT2D eigenvalue weighted by Crippen LogP contribution is -2.28. The first-order valence-corrected chi connectivity index (χ1v) is 6.03. The first-order chi connectivity index (χ1) is 9.47. The van der Waals surface area contributed by atoms with Gasteiger partial charge in [0.2, 0.25) is 5.91 Å². The van der Waals surface area contributed by atoms with Gasteiger partial charge in [-0.3, -0.25) is 4.79 Å². The molecule has 0 aliphatic carbocycles. The zero-order chi connectivity index (χ0) is 14.7. The van der Waals surface area contributed by atoms with Crippen LogP contribution in [0.2, 0.25) is 0 Å². The third-order valence-electron chi connectivity index (χ3n) is 2.99. The number of benzene rings is 2. The van der Waals surface area contributed by atoms with Crippen LogP contribution in [-0.4, -0.2) is 13.0 Å². The lowest BCUT2D eigenvalue weighted by Gasteiger charge is -2.18. The molecule has 2 aromatic rings. The van der Waals surface area contributed by atoms with Crippen molar-refractivity contribution in [2.24, 2.45) is 0 Å². The van der Waals surface area contributed by atoms with Gasteiger partial charge in [-0.2, -0.15) is 0 Å². The Morgan fingerprint density at radius 2 is 1.95 bits per heavy atom. The van der Waals surface area contributed by atoms with Gasteiger partial charge in [0.15, 0.2) is 0 Å². The zero-order valence-corrected chi connectivity index (χ0v) is 10.9. The van der Waals surface area contributed by atoms with Crippen molar-refractivity contribution >= 4 is 17.3 Å². The Balaban J connectivity index is 2.15. The largest absolute Gasteiger partial charge is 0.399 e. The molecule has 0 spiro atoms. The summed E-state index contributed by atoms with van der Waals surface area (Å²) in [6.45, 7) is 0. The molecule has 0 unspecified atom stereocenters. The van der Waals surface area contributed by atoms with Crippen LogP contribution >= 0.6 is 0 Å². The highest BCUT2D eigenvalue weighted by Crippen LogP contribution is 2.18. The number of rotatable bonds is 3. The van der Waals surface area contributed by atoms with Crippen LogP contribution in [0.25, 0.3) is 0 Å². The van der Waals surface area contributed by atoms with Crippen LogP contribution < -0.4 is 10.6 Å². The molecule has 2 N–H and O–H groups in total. The predicted octanol–water partition coefficient (Wildman–Crippen LogP) is 2.75. The van der Waals surface area contributed by atoms with Gasteiger partial charge in [0.25, 0.3) is 0 Å². The molecule has 0 aliphatic rings. The SMILES string of the molecule is CN(C(=O)Cc1ccc(F)cc1F)c1cccc(N)c1. The first-order valence-electron chi connectivity index (χ1n) is 6.03. The summed E-state index contributed by atoms with van der Waals surface area (Å²) in [6.07, 6.45) is -0.141. The van der Waals surface area contributed by atoms with Crippen LogP contribution in [0.4, 0.5) is 20.2 Å². The molecule has 0 aromatic heterocycles. The van der Waals surface area contributed by atoms with E-state index in [1.165, 1.54) is 11.0 Å². The monoisotopic (exact) mass is 276 g/mol. The highest BCUT2D eigenvalue weighted by molar-refractivity contribution is 5.94. The molecule has 0 heterocycles. The summed E-state index contributed by atoms with van der Waals surface area (Å²) in [5, 5.41) is 0. The summed E-state index contributed by atoms with van der Waals surface area (Å²) < 4.78 is 26.3. The Kier molecular flexibility index (Phi) is 3.98. The van der Waals surface area contributed by atoms with E-state index in [1.54, 1.807) is 31.3 Å². The number of likely N-dealkylation sites (N-methyl/N-ethyl adjacent to an activating group) is 1. The van der Waals surface area contributed by atoms with Crippen molar-refractivity contribution in [3.05, 3.63) is 59.7 Å². The van der Waals surface area contributed by atoms with Gasteiger partial charge in [-0.05, 0) is 29.8 Å². The van der Waals surface area contributed by atoms with E-state index in [9.17, 15) is 13.6 Å². The lowest BCUT2D eigenvalue weighted by atomic mass is 10.1. The molecule has 2 rings (SSSR count). The van der Waals surface area contributed by atoms with Crippen molar-refractivity contribution in [1.29, 1.82) is 0 Å². The number of hydrogen-bond acceptors (Lipinski definition) is 2. The minimum atomic E-state index is -0.723. The van der Waals surface area contributed by atoms with Crippen LogP contribution in [0.3, 0.4) is 0 Å². The summed E-state index contributed by atoms with van der Waals surface area (Å²) in [6, 6.07) is 9.99. The summed E-state index contributed by atoms with van der Waals surface area (Å²) in [5.74, 6) is -1.69. The van der Waals surface area contributed by atoms with E-state index in [2.05, 4.69) is 0 Å². The number of carbonyl (C=O) groups is 1. The summed E-state index contributed by atoms with van der Waals surface area (Å²) in [7, 11) is 1.58. The second kappa shape index (κ2) is 5.69. The fourth-order valence-electron chi connectivity index (χ4n) is 1.82. The number of anilines is 2. The van der Waals surface area contributed by atoms with Crippen LogP contribution in [0, 0.1) is 11.6 Å². The molecule has 2 aromatic carbocycles. The quantitative estimate of drug-likeness (QED) is 0.876. The van der Waals surface area contributed by atoms with Crippen LogP contribution in [-0.2, 0) is 11.2 Å². The van der Waals surface area contributed by atoms with Gasteiger partial charge < -0.3 is 10.6 Å². The van der Waals surface area contributed by atoms with E-state index < -0.39 is 11.6 Å². The normalized spacial score (nSPS) is 10.3. The molecule has 0 bridgehead atoms. The maximum atomic E-state index is 13.5. The summed E-state index contributed by atoms with van der Waals surface area (Å²) in [5.41, 5.74) is 6.97. The highest BCUT2D eigenvalue weighted by atomic mass is 19.1. The van der Waals surface area contributed by atoms with Crippen LogP contribution in [0.5, 0.6) is 0 Å². The van der Waals surface area contributed by atoms with Crippen molar-refractivity contribution in [2.75, 3.05) is 17.7 Å². The van der Waals surface area contributed by atoms with E-state index in [0.29, 0.717) is 11.4 Å². The molecule has 5 heteroatoms. The standard InChI is InChI=1S/C15H14F2N2O/c1-19(13-4-2-3-12(18)9-13)15(20)7-10-5-6-11(16)8-14(10)17/h2-6,8-9H,7,18H2,1H3. The summed E-state index contributed by atoms with van der Waals surface area (Å²) >= 11 is 0. The molecule has 0 saturated carbocycles. The molecule has 0 aliphatic heterocycles. The predicted molar refractivity (Wildman–Crippen MR) is 74.3 cm³/mol. The van der Waals surface area contributed by atoms with Crippen LogP contribution in [0.1, 0.15) is 5.56 Å². The Morgan fingerprint density at radius 1 is 1.20 bits per heavy atom. The number of halogens is 2. The van der Waals surface area contributed by atoms with Gasteiger partial charge in [0.1, 0.15) is 11.6 Å². The Labute approximate surface area is 115 Å². The van der Waals surface area contributed by atoms with Gasteiger partial charge >= 0.3 is 0 Å². The minimum absolute atomic E-state index is 0.141. The van der Waals surface area contributed by atoms with Gasteiger partial charge in [-0.1, -0.05) is 12.1 Å². The maximum absolute atomic E-state index is 13.5. The lowest BCUT2D eigenvalue weighted by molar-refractivity contribution is -0.117. The Morgan fingerprint density at radius 3 is 2.60 bits per heavy atom. The second-order valence-corrected chi connectivity index (χ2v) is 4.46. The number of carbonyl (C=O) groups excluding carboxylic acids is 1. The Bertz CT molecular complexity index is 644. The van der Waals surface area contributed by atoms with Crippen LogP contribution in [0.15, 0.2) is 42.5 Å². The highest BCUT2D eigenvalue weighted by Gasteiger charge is 2.14. The average molecular weight is 276 g/mol. The zero-order valence-electron chi connectivity index (χ0n) is 10.9. The third kappa shape index (κ3) is 3.12. The van der Waals surface area contributed by atoms with Crippen molar-refractivity contribution in [3.63, 3.8) is 0 Å². The molecular weight excluding hydrogens is 262 g/mol. The number of amides is 1. The summed E-state index contributed by atoms with van der Waals surface area (Å²) in [4.78, 5) is 13.5. The van der Waals surface area contributed by atoms with E-state index >= 15 is 0 Å². The number of nitrogens with two attached hydrogens (primary N) is 1. The molecule has 0 radical (unpaired) electrons. The smallest absolute Gasteiger partial charge is 0.231 e. The molecule has 3 nitrogen and oxygen atoms in total. The van der Waals surface area contributed by atoms with Crippen molar-refractivity contribution < 1.29 is 13.6 Å². The van der Waals surface area contributed by atoms with E-state index in [-0.39, 0.29) is 17.9 Å². The van der Waals surface area contributed by atoms with Gasteiger partial charge in [0, 0.05) is 24.5 Å². The number of nitrogens with zero attached hydrogens (tertiary/aromatic N) is 1. The van der Waals surface area contributed by atoms with Crippen molar-refractivity contribution in [2.45, 2.75) is 6.42 Å². The van der Waals surface area contributed by atoms with Crippen molar-refractivity contribution in [1.82, 2.24) is 0 Å². The fourth-order valence-corrected chi connectivity index (χ4v) is 1.82. The van der Waals surface area contributed by atoms with E-state index in [1.807, 2.05) is 0 Å². The fraction of sp³-hybridized carbons (Fsp3) is 0.133. The molecule has 1 amide bonds. The molecule has 20 heavy (non-hydrogen) atoms. The van der Waals surface area contributed by atoms with Crippen molar-refractivity contribution in [3.8, 4) is 0 Å². The molecule has 0 fully saturated rings. The topological polar surface area (TPSA) is 46.3 Å². The number of nitrogen functional groups attached to an aromatic ring is 1. The average Bonchev–Trinajstić information content (AvgIpc) is 2.41. The van der Waals surface area contributed by atoms with Gasteiger partial charge in [-0.25, -0.2) is 8.78 Å². The molecular formula is C15H14F2N2O. The van der Waals surface area contributed by atoms with E-state index in [0.717, 1.165) is 12.1 Å². The number of hydrogen-bond donors (Lipinski definition) is 1. The van der Waals surface area contributed by atoms with E-state index in [4.69, 9.17) is 5.73 Å². The molecule has 104 valence electrons. The molecule has 0 atom stereocenters. The second-order valence-electron chi connectivity index (χ2n) is 4.46. The molecule has 0 saturated heterocycles. The van der Waals surface area contributed by atoms with Gasteiger partial charge in [0.05, 0.1) is 6.42 Å².